The summed E-state index contributed by atoms with van der Waals surface area (Å²) < 4.78 is 0. The molecule has 2 aromatic rings. The highest BCUT2D eigenvalue weighted by molar-refractivity contribution is 6.13. The number of ketones is 2. The van der Waals surface area contributed by atoms with Crippen LogP contribution in [-0.4, -0.2) is 11.6 Å². The standard InChI is InChI=1S/C18H14O2/c1-3-17(19)15-11-7-5-9-13(15)14-10-6-8-12-16(14)18(20)4-2/h3-12H,1-2H2. The van der Waals surface area contributed by atoms with Crippen molar-refractivity contribution in [1.29, 1.82) is 0 Å². The Bertz CT molecular complexity index is 635. The first-order valence-corrected chi connectivity index (χ1v) is 6.21. The summed E-state index contributed by atoms with van der Waals surface area (Å²) in [7, 11) is 0. The Labute approximate surface area is 118 Å². The molecule has 0 atom stereocenters. The predicted molar refractivity (Wildman–Crippen MR) is 80.9 cm³/mol. The Morgan fingerprint density at radius 3 is 1.40 bits per heavy atom. The van der Waals surface area contributed by atoms with Crippen LogP contribution < -0.4 is 0 Å². The van der Waals surface area contributed by atoms with Gasteiger partial charge >= 0.3 is 0 Å². The van der Waals surface area contributed by atoms with Crippen molar-refractivity contribution in [2.75, 3.05) is 0 Å². The largest absolute Gasteiger partial charge is 0.289 e. The molecule has 2 rings (SSSR count). The van der Waals surface area contributed by atoms with Gasteiger partial charge in [0.05, 0.1) is 0 Å². The molecular formula is C18H14O2. The van der Waals surface area contributed by atoms with E-state index in [0.29, 0.717) is 11.1 Å². The molecule has 2 heteroatoms. The van der Waals surface area contributed by atoms with E-state index in [1.165, 1.54) is 12.2 Å². The normalized spacial score (nSPS) is 9.80. The van der Waals surface area contributed by atoms with Crippen LogP contribution >= 0.6 is 0 Å². The van der Waals surface area contributed by atoms with Gasteiger partial charge in [0.1, 0.15) is 0 Å². The summed E-state index contributed by atoms with van der Waals surface area (Å²) >= 11 is 0. The highest BCUT2D eigenvalue weighted by Gasteiger charge is 2.14. The van der Waals surface area contributed by atoms with Crippen LogP contribution in [0.2, 0.25) is 0 Å². The van der Waals surface area contributed by atoms with Gasteiger partial charge in [-0.1, -0.05) is 61.7 Å². The van der Waals surface area contributed by atoms with E-state index in [4.69, 9.17) is 0 Å². The minimum Gasteiger partial charge on any atom is -0.289 e. The van der Waals surface area contributed by atoms with Crippen molar-refractivity contribution < 1.29 is 9.59 Å². The Morgan fingerprint density at radius 1 is 0.700 bits per heavy atom. The van der Waals surface area contributed by atoms with Crippen LogP contribution in [0.5, 0.6) is 0 Å². The highest BCUT2D eigenvalue weighted by Crippen LogP contribution is 2.28. The van der Waals surface area contributed by atoms with Gasteiger partial charge in [-0.15, -0.1) is 0 Å². The van der Waals surface area contributed by atoms with Crippen molar-refractivity contribution in [2.45, 2.75) is 0 Å². The highest BCUT2D eigenvalue weighted by atomic mass is 16.1. The molecule has 2 nitrogen and oxygen atoms in total. The molecule has 20 heavy (non-hydrogen) atoms. The maximum Gasteiger partial charge on any atom is 0.185 e. The number of carbonyl (C=O) groups is 2. The second-order valence-electron chi connectivity index (χ2n) is 4.23. The number of hydrogen-bond donors (Lipinski definition) is 0. The van der Waals surface area contributed by atoms with Gasteiger partial charge in [-0.2, -0.15) is 0 Å². The van der Waals surface area contributed by atoms with E-state index < -0.39 is 0 Å². The average molecular weight is 262 g/mol. The molecule has 0 aliphatic heterocycles. The smallest absolute Gasteiger partial charge is 0.185 e. The summed E-state index contributed by atoms with van der Waals surface area (Å²) in [6, 6.07) is 14.4. The van der Waals surface area contributed by atoms with Crippen molar-refractivity contribution >= 4 is 11.6 Å². The number of allylic oxidation sites excluding steroid dienone is 2. The molecule has 98 valence electrons. The van der Waals surface area contributed by atoms with Crippen LogP contribution in [0.4, 0.5) is 0 Å². The zero-order chi connectivity index (χ0) is 14.5. The molecule has 0 unspecified atom stereocenters. The van der Waals surface area contributed by atoms with Crippen LogP contribution in [0, 0.1) is 0 Å². The van der Waals surface area contributed by atoms with Crippen molar-refractivity contribution in [3.8, 4) is 11.1 Å². The summed E-state index contributed by atoms with van der Waals surface area (Å²) in [5.41, 5.74) is 2.52. The van der Waals surface area contributed by atoms with Crippen molar-refractivity contribution in [1.82, 2.24) is 0 Å². The third-order valence-corrected chi connectivity index (χ3v) is 3.05. The average Bonchev–Trinajstić information content (AvgIpc) is 2.53. The molecule has 0 heterocycles. The molecule has 0 saturated carbocycles. The Morgan fingerprint density at radius 2 is 1.05 bits per heavy atom. The van der Waals surface area contributed by atoms with Gasteiger partial charge in [-0.25, -0.2) is 0 Å². The zero-order valence-corrected chi connectivity index (χ0v) is 11.0. The molecule has 0 bridgehead atoms. The topological polar surface area (TPSA) is 34.1 Å². The minimum absolute atomic E-state index is 0.165. The van der Waals surface area contributed by atoms with Crippen LogP contribution in [0.25, 0.3) is 11.1 Å². The van der Waals surface area contributed by atoms with Gasteiger partial charge in [0.25, 0.3) is 0 Å². The van der Waals surface area contributed by atoms with Gasteiger partial charge < -0.3 is 0 Å². The zero-order valence-electron chi connectivity index (χ0n) is 11.0. The fourth-order valence-corrected chi connectivity index (χ4v) is 2.09. The first kappa shape index (κ1) is 13.7. The third-order valence-electron chi connectivity index (χ3n) is 3.05. The predicted octanol–water partition coefficient (Wildman–Crippen LogP) is 4.09. The van der Waals surface area contributed by atoms with E-state index in [9.17, 15) is 9.59 Å². The van der Waals surface area contributed by atoms with E-state index in [2.05, 4.69) is 13.2 Å². The fourth-order valence-electron chi connectivity index (χ4n) is 2.09. The number of rotatable bonds is 5. The lowest BCUT2D eigenvalue weighted by Gasteiger charge is -2.10. The van der Waals surface area contributed by atoms with Gasteiger partial charge in [0, 0.05) is 11.1 Å². The maximum atomic E-state index is 11.9. The quantitative estimate of drug-likeness (QED) is 0.600. The first-order valence-electron chi connectivity index (χ1n) is 6.21. The van der Waals surface area contributed by atoms with Gasteiger partial charge in [-0.3, -0.25) is 9.59 Å². The van der Waals surface area contributed by atoms with Crippen LogP contribution in [0.1, 0.15) is 20.7 Å². The Hall–Kier alpha value is -2.74. The SMILES string of the molecule is C=CC(=O)c1ccccc1-c1ccccc1C(=O)C=C. The first-order chi connectivity index (χ1) is 9.69. The molecule has 2 aromatic carbocycles. The van der Waals surface area contributed by atoms with E-state index in [1.807, 2.05) is 24.3 Å². The Kier molecular flexibility index (Phi) is 4.06. The maximum absolute atomic E-state index is 11.9. The molecule has 0 saturated heterocycles. The van der Waals surface area contributed by atoms with Crippen LogP contribution in [0.15, 0.2) is 73.8 Å². The summed E-state index contributed by atoms with van der Waals surface area (Å²) in [5, 5.41) is 0. The monoisotopic (exact) mass is 262 g/mol. The van der Waals surface area contributed by atoms with E-state index in [0.717, 1.165) is 11.1 Å². The van der Waals surface area contributed by atoms with Crippen LogP contribution in [-0.2, 0) is 0 Å². The molecule has 0 aliphatic rings. The minimum atomic E-state index is -0.165. The second kappa shape index (κ2) is 5.93. The summed E-state index contributed by atoms with van der Waals surface area (Å²) in [4.78, 5) is 23.9. The fraction of sp³-hybridized carbons (Fsp3) is 0. The summed E-state index contributed by atoms with van der Waals surface area (Å²) in [5.74, 6) is -0.331. The summed E-state index contributed by atoms with van der Waals surface area (Å²) in [6.45, 7) is 7.03. The molecule has 0 radical (unpaired) electrons. The van der Waals surface area contributed by atoms with Crippen molar-refractivity contribution in [2.24, 2.45) is 0 Å². The van der Waals surface area contributed by atoms with E-state index in [1.54, 1.807) is 24.3 Å². The second-order valence-corrected chi connectivity index (χ2v) is 4.23. The van der Waals surface area contributed by atoms with Crippen molar-refractivity contribution in [3.05, 3.63) is 85.0 Å². The molecule has 0 aliphatic carbocycles. The lowest BCUT2D eigenvalue weighted by atomic mass is 9.92. The van der Waals surface area contributed by atoms with E-state index >= 15 is 0 Å². The van der Waals surface area contributed by atoms with Gasteiger partial charge in [0.15, 0.2) is 11.6 Å². The summed E-state index contributed by atoms with van der Waals surface area (Å²) in [6.07, 6.45) is 2.55. The Balaban J connectivity index is 2.69. The molecule has 0 N–H and O–H groups in total. The van der Waals surface area contributed by atoms with Crippen molar-refractivity contribution in [3.63, 3.8) is 0 Å². The molecular weight excluding hydrogens is 248 g/mol. The number of hydrogen-bond acceptors (Lipinski definition) is 2. The molecule has 0 spiro atoms. The van der Waals surface area contributed by atoms with Crippen LogP contribution in [0.3, 0.4) is 0 Å². The number of carbonyl (C=O) groups excluding carboxylic acids is 2. The van der Waals surface area contributed by atoms with E-state index in [-0.39, 0.29) is 11.6 Å². The van der Waals surface area contributed by atoms with Gasteiger partial charge in [-0.05, 0) is 23.3 Å². The third kappa shape index (κ3) is 2.50. The molecule has 0 aromatic heterocycles. The molecule has 0 amide bonds. The number of benzene rings is 2. The van der Waals surface area contributed by atoms with Gasteiger partial charge in [0.2, 0.25) is 0 Å². The lowest BCUT2D eigenvalue weighted by molar-refractivity contribution is 0.103. The molecule has 0 fully saturated rings. The lowest BCUT2D eigenvalue weighted by Crippen LogP contribution is -2.02.